The van der Waals surface area contributed by atoms with Gasteiger partial charge in [-0.25, -0.2) is 4.79 Å². The maximum atomic E-state index is 14.9. The number of carbonyl (C=O) groups excluding carboxylic acids is 2. The van der Waals surface area contributed by atoms with Gasteiger partial charge in [-0.1, -0.05) is 68.2 Å². The normalized spacial score (nSPS) is 23.2. The van der Waals surface area contributed by atoms with E-state index < -0.39 is 23.7 Å². The molecule has 2 aromatic carbocycles. The van der Waals surface area contributed by atoms with Crippen molar-refractivity contribution < 1.29 is 19.1 Å². The van der Waals surface area contributed by atoms with E-state index in [2.05, 4.69) is 30.7 Å². The predicted molar refractivity (Wildman–Crippen MR) is 173 cm³/mol. The molecule has 1 saturated heterocycles. The molecule has 0 radical (unpaired) electrons. The highest BCUT2D eigenvalue weighted by molar-refractivity contribution is 8.00. The first kappa shape index (κ1) is 31.8. The van der Waals surface area contributed by atoms with E-state index in [9.17, 15) is 9.59 Å². The second-order valence-electron chi connectivity index (χ2n) is 12.6. The number of methoxy groups -OCH3 is 1. The molecule has 0 N–H and O–H groups in total. The second-order valence-corrected chi connectivity index (χ2v) is 15.3. The van der Waals surface area contributed by atoms with Crippen molar-refractivity contribution in [3.63, 3.8) is 0 Å². The molecule has 1 aliphatic carbocycles. The summed E-state index contributed by atoms with van der Waals surface area (Å²) in [5.41, 5.74) is 1.61. The van der Waals surface area contributed by atoms with Crippen LogP contribution in [0.15, 0.2) is 66.9 Å². The highest BCUT2D eigenvalue weighted by Gasteiger charge is 2.55. The SMILES string of the molecule is COC(=O)c1ccc(C[C@@]2(C)O[C@H](c3cccc(Cl)c3)C(c3ccc(Cl)cc3)N(C(CSC(C)(C)C)C3CC3)C2=O)nc1. The van der Waals surface area contributed by atoms with Gasteiger partial charge in [-0.2, -0.15) is 11.8 Å². The Morgan fingerprint density at radius 2 is 1.81 bits per heavy atom. The molecule has 6 nitrogen and oxygen atoms in total. The van der Waals surface area contributed by atoms with Gasteiger partial charge >= 0.3 is 5.97 Å². The van der Waals surface area contributed by atoms with Crippen molar-refractivity contribution in [1.29, 1.82) is 0 Å². The summed E-state index contributed by atoms with van der Waals surface area (Å²) in [4.78, 5) is 33.5. The van der Waals surface area contributed by atoms with Crippen molar-refractivity contribution in [3.05, 3.63) is 99.3 Å². The summed E-state index contributed by atoms with van der Waals surface area (Å²) < 4.78 is 11.8. The van der Waals surface area contributed by atoms with Crippen LogP contribution in [0, 0.1) is 5.92 Å². The summed E-state index contributed by atoms with van der Waals surface area (Å²) in [6.45, 7) is 8.49. The number of rotatable bonds is 9. The molecule has 2 unspecified atom stereocenters. The lowest BCUT2D eigenvalue weighted by atomic mass is 9.85. The van der Waals surface area contributed by atoms with E-state index in [1.165, 1.54) is 13.3 Å². The molecular formula is C34H38Cl2N2O4S. The molecule has 4 atom stereocenters. The lowest BCUT2D eigenvalue weighted by molar-refractivity contribution is -0.202. The van der Waals surface area contributed by atoms with Gasteiger partial charge in [0.1, 0.15) is 6.10 Å². The maximum absolute atomic E-state index is 14.9. The Kier molecular flexibility index (Phi) is 9.48. The number of benzene rings is 2. The van der Waals surface area contributed by atoms with Crippen molar-refractivity contribution in [1.82, 2.24) is 9.88 Å². The topological polar surface area (TPSA) is 68.7 Å². The predicted octanol–water partition coefficient (Wildman–Crippen LogP) is 8.13. The van der Waals surface area contributed by atoms with Gasteiger partial charge in [0.2, 0.25) is 0 Å². The van der Waals surface area contributed by atoms with Crippen LogP contribution in [-0.2, 0) is 20.7 Å². The summed E-state index contributed by atoms with van der Waals surface area (Å²) in [5.74, 6) is 0.690. The first-order valence-electron chi connectivity index (χ1n) is 14.6. The summed E-state index contributed by atoms with van der Waals surface area (Å²) in [7, 11) is 1.34. The molecule has 0 bridgehead atoms. The minimum absolute atomic E-state index is 0.0111. The van der Waals surface area contributed by atoms with Gasteiger partial charge in [0.05, 0.1) is 18.7 Å². The van der Waals surface area contributed by atoms with Crippen molar-refractivity contribution >= 4 is 46.8 Å². The number of esters is 1. The first-order valence-corrected chi connectivity index (χ1v) is 16.3. The minimum atomic E-state index is -1.23. The molecule has 228 valence electrons. The quantitative estimate of drug-likeness (QED) is 0.220. The largest absolute Gasteiger partial charge is 0.465 e. The maximum Gasteiger partial charge on any atom is 0.339 e. The number of pyridine rings is 1. The second kappa shape index (κ2) is 12.8. The third-order valence-electron chi connectivity index (χ3n) is 8.02. The van der Waals surface area contributed by atoms with Gasteiger partial charge in [-0.05, 0) is 73.2 Å². The number of morpholine rings is 1. The van der Waals surface area contributed by atoms with Crippen LogP contribution < -0.4 is 0 Å². The third-order valence-corrected chi connectivity index (χ3v) is 9.89. The summed E-state index contributed by atoms with van der Waals surface area (Å²) in [5, 5.41) is 1.23. The average Bonchev–Trinajstić information content (AvgIpc) is 3.81. The van der Waals surface area contributed by atoms with Gasteiger partial charge in [-0.3, -0.25) is 9.78 Å². The zero-order valence-corrected chi connectivity index (χ0v) is 27.5. The summed E-state index contributed by atoms with van der Waals surface area (Å²) >= 11 is 14.7. The first-order chi connectivity index (χ1) is 20.4. The van der Waals surface area contributed by atoms with Crippen molar-refractivity contribution in [2.75, 3.05) is 12.9 Å². The van der Waals surface area contributed by atoms with Gasteiger partial charge in [-0.15, -0.1) is 0 Å². The molecule has 5 rings (SSSR count). The molecule has 2 heterocycles. The van der Waals surface area contributed by atoms with Crippen molar-refractivity contribution in [3.8, 4) is 0 Å². The van der Waals surface area contributed by atoms with E-state index >= 15 is 0 Å². The Labute approximate surface area is 268 Å². The third kappa shape index (κ3) is 7.39. The number of nitrogens with zero attached hydrogens (tertiary/aromatic N) is 2. The number of aromatic nitrogens is 1. The monoisotopic (exact) mass is 640 g/mol. The Morgan fingerprint density at radius 3 is 2.40 bits per heavy atom. The smallest absolute Gasteiger partial charge is 0.339 e. The number of amides is 1. The van der Waals surface area contributed by atoms with E-state index in [1.54, 1.807) is 12.1 Å². The molecule has 0 spiro atoms. The van der Waals surface area contributed by atoms with E-state index in [1.807, 2.05) is 67.2 Å². The number of ether oxygens (including phenoxy) is 2. The number of hydrogen-bond acceptors (Lipinski definition) is 6. The zero-order chi connectivity index (χ0) is 30.9. The standard InChI is InChI=1S/C34H38Cl2N2O4S/c1-33(2,3)43-20-28(21-9-10-21)38-29(22-11-14-25(35)15-12-22)30(23-7-6-8-26(36)17-23)42-34(4,32(38)40)18-27-16-13-24(19-37-27)31(39)41-5/h6-8,11-17,19,21,28-30H,9-10,18,20H2,1-5H3/t28?,29?,30-,34-/m1/s1. The van der Waals surface area contributed by atoms with Crippen molar-refractivity contribution in [2.45, 2.75) is 75.5 Å². The van der Waals surface area contributed by atoms with Crippen LogP contribution in [0.25, 0.3) is 0 Å². The van der Waals surface area contributed by atoms with Crippen LogP contribution in [0.4, 0.5) is 0 Å². The van der Waals surface area contributed by atoms with Crippen LogP contribution >= 0.6 is 35.0 Å². The molecule has 1 saturated carbocycles. The zero-order valence-electron chi connectivity index (χ0n) is 25.2. The molecule has 1 aromatic heterocycles. The Bertz CT molecular complexity index is 1460. The van der Waals surface area contributed by atoms with E-state index in [-0.39, 0.29) is 23.1 Å². The fourth-order valence-corrected chi connectivity index (χ4v) is 7.15. The highest BCUT2D eigenvalue weighted by Crippen LogP contribution is 2.51. The fourth-order valence-electron chi connectivity index (χ4n) is 5.72. The number of hydrogen-bond donors (Lipinski definition) is 0. The van der Waals surface area contributed by atoms with Crippen LogP contribution in [0.2, 0.25) is 10.0 Å². The Balaban J connectivity index is 1.62. The molecule has 9 heteroatoms. The molecule has 1 aliphatic heterocycles. The van der Waals surface area contributed by atoms with Crippen LogP contribution in [0.5, 0.6) is 0 Å². The van der Waals surface area contributed by atoms with Crippen LogP contribution in [0.3, 0.4) is 0 Å². The number of halogens is 2. The molecule has 2 fully saturated rings. The number of thioether (sulfide) groups is 1. The molecular weight excluding hydrogens is 603 g/mol. The average molecular weight is 642 g/mol. The van der Waals surface area contributed by atoms with Gasteiger partial charge in [0, 0.05) is 44.9 Å². The lowest BCUT2D eigenvalue weighted by Crippen LogP contribution is -2.62. The van der Waals surface area contributed by atoms with Gasteiger partial charge < -0.3 is 14.4 Å². The fraction of sp³-hybridized carbons (Fsp3) is 0.441. The van der Waals surface area contributed by atoms with E-state index in [0.717, 1.165) is 29.7 Å². The van der Waals surface area contributed by atoms with Crippen LogP contribution in [0.1, 0.15) is 79.9 Å². The number of carbonyl (C=O) groups is 2. The van der Waals surface area contributed by atoms with Crippen molar-refractivity contribution in [2.24, 2.45) is 5.92 Å². The van der Waals surface area contributed by atoms with E-state index in [0.29, 0.717) is 27.2 Å². The molecule has 3 aromatic rings. The van der Waals surface area contributed by atoms with Gasteiger partial charge in [0.25, 0.3) is 5.91 Å². The molecule has 1 amide bonds. The Morgan fingerprint density at radius 1 is 1.09 bits per heavy atom. The molecule has 43 heavy (non-hydrogen) atoms. The Hall–Kier alpha value is -2.58. The minimum Gasteiger partial charge on any atom is -0.465 e. The van der Waals surface area contributed by atoms with Gasteiger partial charge in [0.15, 0.2) is 5.60 Å². The summed E-state index contributed by atoms with van der Waals surface area (Å²) in [6.07, 6.45) is 3.38. The highest BCUT2D eigenvalue weighted by atomic mass is 35.5. The van der Waals surface area contributed by atoms with E-state index in [4.69, 9.17) is 32.7 Å². The summed E-state index contributed by atoms with van der Waals surface area (Å²) in [6, 6.07) is 18.4. The van der Waals surface area contributed by atoms with Crippen LogP contribution in [-0.4, -0.2) is 51.0 Å². The molecule has 2 aliphatic rings. The lowest BCUT2D eigenvalue weighted by Gasteiger charge is -2.52.